The number of non-ortho nitro benzene ring substituents is 1. The first-order chi connectivity index (χ1) is 10.7. The third kappa shape index (κ3) is 3.51. The Hall–Kier alpha value is -2.81. The van der Waals surface area contributed by atoms with E-state index >= 15 is 0 Å². The molecular formula is C14H11FN2O5S. The number of halogens is 1. The minimum Gasteiger partial charge on any atom is -0.324 e. The zero-order valence-electron chi connectivity index (χ0n) is 11.8. The fraction of sp³-hybridized carbons (Fsp3) is 0.0714. The van der Waals surface area contributed by atoms with Crippen LogP contribution < -0.4 is 5.32 Å². The van der Waals surface area contributed by atoms with Crippen LogP contribution in [-0.2, 0) is 14.6 Å². The molecule has 120 valence electrons. The van der Waals surface area contributed by atoms with E-state index < -0.39 is 26.5 Å². The van der Waals surface area contributed by atoms with Crippen LogP contribution in [0.2, 0.25) is 0 Å². The van der Waals surface area contributed by atoms with Gasteiger partial charge in [-0.3, -0.25) is 14.9 Å². The largest absolute Gasteiger partial charge is 0.324 e. The van der Waals surface area contributed by atoms with Crippen LogP contribution in [0.25, 0.3) is 0 Å². The predicted octanol–water partition coefficient (Wildman–Crippen LogP) is 2.53. The molecule has 2 aromatic rings. The summed E-state index contributed by atoms with van der Waals surface area (Å²) in [7, 11) is -4.02. The number of rotatable bonds is 4. The molecule has 0 spiro atoms. The van der Waals surface area contributed by atoms with Crippen molar-refractivity contribution >= 4 is 27.1 Å². The van der Waals surface area contributed by atoms with Crippen LogP contribution in [0.1, 0.15) is 6.92 Å². The van der Waals surface area contributed by atoms with Gasteiger partial charge in [-0.2, -0.15) is 0 Å². The maximum atomic E-state index is 13.9. The molecule has 7 nitrogen and oxygen atoms in total. The lowest BCUT2D eigenvalue weighted by Crippen LogP contribution is -2.09. The Morgan fingerprint density at radius 1 is 1.13 bits per heavy atom. The summed E-state index contributed by atoms with van der Waals surface area (Å²) >= 11 is 0. The lowest BCUT2D eigenvalue weighted by molar-refractivity contribution is -0.384. The molecule has 0 heterocycles. The van der Waals surface area contributed by atoms with Crippen LogP contribution in [0.15, 0.2) is 52.3 Å². The van der Waals surface area contributed by atoms with Crippen molar-refractivity contribution in [1.29, 1.82) is 0 Å². The minimum atomic E-state index is -4.02. The summed E-state index contributed by atoms with van der Waals surface area (Å²) in [5.74, 6) is -1.39. The third-order valence-electron chi connectivity index (χ3n) is 2.92. The normalized spacial score (nSPS) is 11.0. The smallest absolute Gasteiger partial charge is 0.269 e. The molecule has 0 bridgehead atoms. The monoisotopic (exact) mass is 338 g/mol. The first-order valence-corrected chi connectivity index (χ1v) is 7.77. The molecule has 0 unspecified atom stereocenters. The summed E-state index contributed by atoms with van der Waals surface area (Å²) in [6.07, 6.45) is 0. The second-order valence-corrected chi connectivity index (χ2v) is 6.53. The van der Waals surface area contributed by atoms with Gasteiger partial charge in [-0.25, -0.2) is 12.8 Å². The van der Waals surface area contributed by atoms with Gasteiger partial charge in [0.15, 0.2) is 0 Å². The summed E-state index contributed by atoms with van der Waals surface area (Å²) in [6, 6.07) is 7.31. The number of amides is 1. The molecule has 23 heavy (non-hydrogen) atoms. The predicted molar refractivity (Wildman–Crippen MR) is 79.3 cm³/mol. The average molecular weight is 338 g/mol. The van der Waals surface area contributed by atoms with E-state index in [9.17, 15) is 27.7 Å². The number of hydrogen-bond acceptors (Lipinski definition) is 5. The van der Waals surface area contributed by atoms with Crippen LogP contribution in [0.3, 0.4) is 0 Å². The van der Waals surface area contributed by atoms with Crippen LogP contribution in [0, 0.1) is 15.9 Å². The minimum absolute atomic E-state index is 0.139. The quantitative estimate of drug-likeness (QED) is 0.681. The van der Waals surface area contributed by atoms with E-state index in [2.05, 4.69) is 5.32 Å². The molecule has 0 saturated carbocycles. The summed E-state index contributed by atoms with van der Waals surface area (Å²) in [6.45, 7) is 1.20. The molecule has 0 fully saturated rings. The van der Waals surface area contributed by atoms with Gasteiger partial charge in [0.1, 0.15) is 5.82 Å². The first-order valence-electron chi connectivity index (χ1n) is 6.28. The van der Waals surface area contributed by atoms with Gasteiger partial charge in [0.25, 0.3) is 5.69 Å². The Bertz CT molecular complexity index is 879. The Labute approximate surface area is 130 Å². The van der Waals surface area contributed by atoms with Gasteiger partial charge < -0.3 is 5.32 Å². The zero-order valence-corrected chi connectivity index (χ0v) is 12.6. The number of nitro benzene ring substituents is 1. The van der Waals surface area contributed by atoms with Crippen molar-refractivity contribution < 1.29 is 22.5 Å². The summed E-state index contributed by atoms with van der Waals surface area (Å²) < 4.78 is 38.6. The van der Waals surface area contributed by atoms with E-state index in [-0.39, 0.29) is 21.2 Å². The lowest BCUT2D eigenvalue weighted by Gasteiger charge is -2.08. The maximum absolute atomic E-state index is 13.9. The molecule has 0 aliphatic rings. The molecule has 1 amide bonds. The van der Waals surface area contributed by atoms with Crippen molar-refractivity contribution in [2.24, 2.45) is 0 Å². The number of hydrogen-bond donors (Lipinski definition) is 1. The molecule has 0 radical (unpaired) electrons. The molecule has 0 aliphatic heterocycles. The molecule has 0 aromatic heterocycles. The van der Waals surface area contributed by atoms with Crippen LogP contribution in [0.5, 0.6) is 0 Å². The van der Waals surface area contributed by atoms with Crippen LogP contribution >= 0.6 is 0 Å². The van der Waals surface area contributed by atoms with Gasteiger partial charge in [0.05, 0.1) is 20.4 Å². The van der Waals surface area contributed by atoms with Crippen molar-refractivity contribution in [3.63, 3.8) is 0 Å². The van der Waals surface area contributed by atoms with Crippen molar-refractivity contribution in [2.75, 3.05) is 5.32 Å². The van der Waals surface area contributed by atoms with Crippen molar-refractivity contribution in [3.8, 4) is 0 Å². The lowest BCUT2D eigenvalue weighted by atomic mass is 10.3. The molecular weight excluding hydrogens is 327 g/mol. The highest BCUT2D eigenvalue weighted by molar-refractivity contribution is 7.91. The highest BCUT2D eigenvalue weighted by Crippen LogP contribution is 2.26. The number of nitrogens with one attached hydrogen (secondary N) is 1. The molecule has 0 atom stereocenters. The van der Waals surface area contributed by atoms with Crippen molar-refractivity contribution in [2.45, 2.75) is 16.7 Å². The highest BCUT2D eigenvalue weighted by atomic mass is 32.2. The molecule has 9 heteroatoms. The topological polar surface area (TPSA) is 106 Å². The van der Waals surface area contributed by atoms with E-state index in [1.54, 1.807) is 0 Å². The number of nitro groups is 1. The number of carbonyl (C=O) groups excluding carboxylic acids is 1. The van der Waals surface area contributed by atoms with Gasteiger partial charge >= 0.3 is 0 Å². The number of sulfone groups is 1. The number of nitrogens with zero attached hydrogens (tertiary/aromatic N) is 1. The van der Waals surface area contributed by atoms with Crippen molar-refractivity contribution in [3.05, 3.63) is 58.4 Å². The molecule has 2 aromatic carbocycles. The summed E-state index contributed by atoms with van der Waals surface area (Å²) in [5, 5.41) is 12.8. The van der Waals surface area contributed by atoms with Gasteiger partial charge in [0, 0.05) is 19.1 Å². The van der Waals surface area contributed by atoms with Gasteiger partial charge in [-0.15, -0.1) is 0 Å². The second-order valence-electron chi connectivity index (χ2n) is 4.58. The Kier molecular flexibility index (Phi) is 4.41. The van der Waals surface area contributed by atoms with E-state index in [4.69, 9.17) is 0 Å². The molecule has 0 saturated heterocycles. The standard InChI is InChI=1S/C14H11FN2O5S/c1-9(18)16-14-7-6-12(8-13(14)15)23(21,22)11-4-2-10(3-5-11)17(19)20/h2-8H,1H3,(H,16,18). The van der Waals surface area contributed by atoms with Crippen molar-refractivity contribution in [1.82, 2.24) is 0 Å². The van der Waals surface area contributed by atoms with E-state index in [0.717, 1.165) is 42.5 Å². The van der Waals surface area contributed by atoms with E-state index in [0.29, 0.717) is 0 Å². The Balaban J connectivity index is 2.41. The molecule has 1 N–H and O–H groups in total. The number of benzene rings is 2. The second kappa shape index (κ2) is 6.13. The zero-order chi connectivity index (χ0) is 17.2. The van der Waals surface area contributed by atoms with Gasteiger partial charge in [-0.05, 0) is 30.3 Å². The average Bonchev–Trinajstić information content (AvgIpc) is 2.49. The Morgan fingerprint density at radius 3 is 2.17 bits per heavy atom. The summed E-state index contributed by atoms with van der Waals surface area (Å²) in [4.78, 5) is 20.3. The van der Waals surface area contributed by atoms with Gasteiger partial charge in [0.2, 0.25) is 15.7 Å². The van der Waals surface area contributed by atoms with E-state index in [1.807, 2.05) is 0 Å². The molecule has 2 rings (SSSR count). The summed E-state index contributed by atoms with van der Waals surface area (Å²) in [5.41, 5.74) is -0.392. The SMILES string of the molecule is CC(=O)Nc1ccc(S(=O)(=O)c2ccc([N+](=O)[O-])cc2)cc1F. The number of carbonyl (C=O) groups is 1. The fourth-order valence-corrected chi connectivity index (χ4v) is 3.11. The Morgan fingerprint density at radius 2 is 1.70 bits per heavy atom. The van der Waals surface area contributed by atoms with Gasteiger partial charge in [-0.1, -0.05) is 0 Å². The maximum Gasteiger partial charge on any atom is 0.269 e. The fourth-order valence-electron chi connectivity index (χ4n) is 1.84. The third-order valence-corrected chi connectivity index (χ3v) is 4.69. The highest BCUT2D eigenvalue weighted by Gasteiger charge is 2.20. The first kappa shape index (κ1) is 16.6. The number of anilines is 1. The van der Waals surface area contributed by atoms with Crippen LogP contribution in [-0.4, -0.2) is 19.2 Å². The van der Waals surface area contributed by atoms with Crippen LogP contribution in [0.4, 0.5) is 15.8 Å². The molecule has 0 aliphatic carbocycles. The van der Waals surface area contributed by atoms with E-state index in [1.165, 1.54) is 6.92 Å².